The van der Waals surface area contributed by atoms with E-state index in [-0.39, 0.29) is 12.0 Å². The number of hydrogen-bond acceptors (Lipinski definition) is 5. The van der Waals surface area contributed by atoms with Crippen LogP contribution in [0.3, 0.4) is 0 Å². The van der Waals surface area contributed by atoms with Gasteiger partial charge >= 0.3 is 0 Å². The van der Waals surface area contributed by atoms with E-state index in [4.69, 9.17) is 4.74 Å². The summed E-state index contributed by atoms with van der Waals surface area (Å²) in [6.45, 7) is 6.31. The molecule has 4 rings (SSSR count). The lowest BCUT2D eigenvalue weighted by atomic mass is 9.79. The number of aryl methyl sites for hydroxylation is 1. The van der Waals surface area contributed by atoms with Gasteiger partial charge in [-0.2, -0.15) is 0 Å². The van der Waals surface area contributed by atoms with Crippen LogP contribution in [0.15, 0.2) is 24.5 Å². The average Bonchev–Trinajstić information content (AvgIpc) is 3.03. The van der Waals surface area contributed by atoms with Crippen molar-refractivity contribution < 1.29 is 9.84 Å². The van der Waals surface area contributed by atoms with Gasteiger partial charge in [0, 0.05) is 30.5 Å². The second-order valence-electron chi connectivity index (χ2n) is 7.36. The van der Waals surface area contributed by atoms with Crippen LogP contribution in [-0.2, 0) is 4.74 Å². The van der Waals surface area contributed by atoms with Crippen molar-refractivity contribution in [3.8, 4) is 0 Å². The van der Waals surface area contributed by atoms with Gasteiger partial charge in [-0.15, -0.1) is 0 Å². The first-order valence-corrected chi connectivity index (χ1v) is 8.85. The van der Waals surface area contributed by atoms with Crippen LogP contribution in [0.4, 0.5) is 5.82 Å². The predicted molar refractivity (Wildman–Crippen MR) is 94.2 cm³/mol. The monoisotopic (exact) mass is 327 g/mol. The molecule has 2 saturated heterocycles. The molecule has 3 heterocycles. The van der Waals surface area contributed by atoms with Gasteiger partial charge in [-0.05, 0) is 44.7 Å². The molecule has 1 N–H and O–H groups in total. The molecule has 0 radical (unpaired) electrons. The van der Waals surface area contributed by atoms with E-state index in [1.807, 2.05) is 19.1 Å². The maximum Gasteiger partial charge on any atom is 0.140 e. The third-order valence-corrected chi connectivity index (χ3v) is 5.74. The number of aromatic nitrogens is 2. The Labute approximate surface area is 142 Å². The van der Waals surface area contributed by atoms with Crippen molar-refractivity contribution in [1.29, 1.82) is 0 Å². The Morgan fingerprint density at radius 2 is 2.21 bits per heavy atom. The standard InChI is InChI=1S/C19H25N3O2/c1-13-5-3-6-15-17(13)18(21-12-20-15)22-9-4-7-16(22)14-11-24-10-8-19(14,2)23/h3,5-6,12,14,16,23H,4,7-11H2,1-2H3/t14-,16-,19-/m1/s1. The normalized spacial score (nSPS) is 30.9. The molecule has 0 spiro atoms. The molecule has 0 bridgehead atoms. The van der Waals surface area contributed by atoms with Crippen LogP contribution in [0.1, 0.15) is 31.7 Å². The highest BCUT2D eigenvalue weighted by Gasteiger charge is 2.44. The lowest BCUT2D eigenvalue weighted by Crippen LogP contribution is -2.52. The number of nitrogens with zero attached hydrogens (tertiary/aromatic N) is 3. The number of benzene rings is 1. The first-order valence-electron chi connectivity index (χ1n) is 8.85. The molecule has 2 aliphatic heterocycles. The summed E-state index contributed by atoms with van der Waals surface area (Å²) in [4.78, 5) is 11.4. The summed E-state index contributed by atoms with van der Waals surface area (Å²) < 4.78 is 5.71. The molecule has 0 saturated carbocycles. The van der Waals surface area contributed by atoms with Gasteiger partial charge in [0.25, 0.3) is 0 Å². The van der Waals surface area contributed by atoms with Crippen molar-refractivity contribution in [1.82, 2.24) is 9.97 Å². The molecular weight excluding hydrogens is 302 g/mol. The fourth-order valence-electron chi connectivity index (χ4n) is 4.33. The largest absolute Gasteiger partial charge is 0.390 e. The number of rotatable bonds is 2. The Kier molecular flexibility index (Phi) is 3.93. The Hall–Kier alpha value is -1.72. The van der Waals surface area contributed by atoms with E-state index in [9.17, 15) is 5.11 Å². The molecule has 2 aromatic rings. The van der Waals surface area contributed by atoms with Crippen molar-refractivity contribution in [3.63, 3.8) is 0 Å². The highest BCUT2D eigenvalue weighted by molar-refractivity contribution is 5.92. The summed E-state index contributed by atoms with van der Waals surface area (Å²) >= 11 is 0. The van der Waals surface area contributed by atoms with Crippen molar-refractivity contribution >= 4 is 16.7 Å². The minimum Gasteiger partial charge on any atom is -0.390 e. The summed E-state index contributed by atoms with van der Waals surface area (Å²) in [5.41, 5.74) is 1.50. The zero-order valence-corrected chi connectivity index (χ0v) is 14.4. The zero-order valence-electron chi connectivity index (χ0n) is 14.4. The van der Waals surface area contributed by atoms with Crippen molar-refractivity contribution in [2.45, 2.75) is 44.8 Å². The van der Waals surface area contributed by atoms with Gasteiger partial charge < -0.3 is 14.7 Å². The van der Waals surface area contributed by atoms with E-state index in [0.29, 0.717) is 19.6 Å². The van der Waals surface area contributed by atoms with Crippen molar-refractivity contribution in [3.05, 3.63) is 30.1 Å². The topological polar surface area (TPSA) is 58.5 Å². The molecule has 1 aromatic heterocycles. The molecule has 5 nitrogen and oxygen atoms in total. The zero-order chi connectivity index (χ0) is 16.7. The molecular formula is C19H25N3O2. The molecule has 2 aliphatic rings. The number of fused-ring (bicyclic) bond motifs is 1. The second-order valence-corrected chi connectivity index (χ2v) is 7.36. The average molecular weight is 327 g/mol. The van der Waals surface area contributed by atoms with E-state index < -0.39 is 5.60 Å². The molecule has 24 heavy (non-hydrogen) atoms. The molecule has 2 fully saturated rings. The Bertz CT molecular complexity index is 741. The van der Waals surface area contributed by atoms with Crippen LogP contribution >= 0.6 is 0 Å². The Morgan fingerprint density at radius 3 is 3.04 bits per heavy atom. The van der Waals surface area contributed by atoms with E-state index in [1.165, 1.54) is 5.56 Å². The Balaban J connectivity index is 1.76. The minimum absolute atomic E-state index is 0.114. The van der Waals surface area contributed by atoms with Crippen LogP contribution < -0.4 is 4.90 Å². The number of anilines is 1. The molecule has 1 aromatic carbocycles. The van der Waals surface area contributed by atoms with Gasteiger partial charge in [0.1, 0.15) is 12.1 Å². The quantitative estimate of drug-likeness (QED) is 0.919. The van der Waals surface area contributed by atoms with Crippen LogP contribution in [0.5, 0.6) is 0 Å². The molecule has 3 atom stereocenters. The summed E-state index contributed by atoms with van der Waals surface area (Å²) in [6.07, 6.45) is 4.55. The van der Waals surface area contributed by atoms with Gasteiger partial charge in [-0.1, -0.05) is 12.1 Å². The van der Waals surface area contributed by atoms with Crippen LogP contribution in [0.2, 0.25) is 0 Å². The smallest absolute Gasteiger partial charge is 0.140 e. The van der Waals surface area contributed by atoms with Crippen LogP contribution in [0.25, 0.3) is 10.9 Å². The fraction of sp³-hybridized carbons (Fsp3) is 0.579. The molecule has 128 valence electrons. The van der Waals surface area contributed by atoms with Gasteiger partial charge in [0.15, 0.2) is 0 Å². The molecule has 5 heteroatoms. The lowest BCUT2D eigenvalue weighted by Gasteiger charge is -2.43. The predicted octanol–water partition coefficient (Wildman–Crippen LogP) is 2.69. The summed E-state index contributed by atoms with van der Waals surface area (Å²) in [7, 11) is 0. The van der Waals surface area contributed by atoms with Crippen LogP contribution in [0, 0.1) is 12.8 Å². The highest BCUT2D eigenvalue weighted by atomic mass is 16.5. The third-order valence-electron chi connectivity index (χ3n) is 5.74. The maximum absolute atomic E-state index is 10.9. The second kappa shape index (κ2) is 5.97. The van der Waals surface area contributed by atoms with Crippen LogP contribution in [-0.4, -0.2) is 46.5 Å². The number of aliphatic hydroxyl groups is 1. The maximum atomic E-state index is 10.9. The van der Waals surface area contributed by atoms with E-state index in [0.717, 1.165) is 36.1 Å². The number of ether oxygens (including phenoxy) is 1. The van der Waals surface area contributed by atoms with Crippen molar-refractivity contribution in [2.24, 2.45) is 5.92 Å². The lowest BCUT2D eigenvalue weighted by molar-refractivity contribution is -0.108. The third kappa shape index (κ3) is 2.56. The number of hydrogen-bond donors (Lipinski definition) is 1. The Morgan fingerprint density at radius 1 is 1.33 bits per heavy atom. The fourth-order valence-corrected chi connectivity index (χ4v) is 4.33. The van der Waals surface area contributed by atoms with Gasteiger partial charge in [0.05, 0.1) is 17.7 Å². The van der Waals surface area contributed by atoms with E-state index in [1.54, 1.807) is 6.33 Å². The molecule has 0 aliphatic carbocycles. The van der Waals surface area contributed by atoms with Gasteiger partial charge in [-0.3, -0.25) is 0 Å². The first-order chi connectivity index (χ1) is 11.6. The van der Waals surface area contributed by atoms with E-state index in [2.05, 4.69) is 27.9 Å². The summed E-state index contributed by atoms with van der Waals surface area (Å²) in [6, 6.07) is 6.45. The van der Waals surface area contributed by atoms with Gasteiger partial charge in [-0.25, -0.2) is 9.97 Å². The minimum atomic E-state index is -0.677. The molecule has 0 unspecified atom stereocenters. The summed E-state index contributed by atoms with van der Waals surface area (Å²) in [5.74, 6) is 1.12. The van der Waals surface area contributed by atoms with Gasteiger partial charge in [0.2, 0.25) is 0 Å². The van der Waals surface area contributed by atoms with E-state index >= 15 is 0 Å². The molecule has 0 amide bonds. The SMILES string of the molecule is Cc1cccc2ncnc(N3CCC[C@@H]3[C@H]3COCC[C@@]3(C)O)c12. The summed E-state index contributed by atoms with van der Waals surface area (Å²) in [5, 5.41) is 12.0. The van der Waals surface area contributed by atoms with Crippen molar-refractivity contribution in [2.75, 3.05) is 24.7 Å². The first kappa shape index (κ1) is 15.8. The highest BCUT2D eigenvalue weighted by Crippen LogP contribution is 2.39.